The number of aromatic nitrogens is 2. The van der Waals surface area contributed by atoms with E-state index < -0.39 is 0 Å². The first-order valence-corrected chi connectivity index (χ1v) is 5.84. The number of hydrogen-bond acceptors (Lipinski definition) is 3. The number of nitrogens with one attached hydrogen (secondary N) is 1. The van der Waals surface area contributed by atoms with Gasteiger partial charge < -0.3 is 5.32 Å². The number of halogens is 1. The quantitative estimate of drug-likeness (QED) is 0.900. The smallest absolute Gasteiger partial charge is 0.0835 e. The number of anilines is 1. The number of hydrogen-bond donors (Lipinski definition) is 1. The van der Waals surface area contributed by atoms with E-state index in [4.69, 9.17) is 11.6 Å². The SMILES string of the molecule is Cc1nccnc1C(C)Nc1ccc(Cl)cc1. The van der Waals surface area contributed by atoms with Crippen LogP contribution in [0.4, 0.5) is 5.69 Å². The summed E-state index contributed by atoms with van der Waals surface area (Å²) in [4.78, 5) is 8.57. The van der Waals surface area contributed by atoms with Gasteiger partial charge in [0, 0.05) is 23.1 Å². The molecule has 17 heavy (non-hydrogen) atoms. The van der Waals surface area contributed by atoms with Crippen molar-refractivity contribution >= 4 is 17.3 Å². The molecule has 0 fully saturated rings. The third-order valence-corrected chi connectivity index (χ3v) is 2.81. The molecule has 0 bridgehead atoms. The summed E-state index contributed by atoms with van der Waals surface area (Å²) in [5, 5.41) is 4.10. The van der Waals surface area contributed by atoms with E-state index in [1.807, 2.05) is 31.2 Å². The number of rotatable bonds is 3. The highest BCUT2D eigenvalue weighted by molar-refractivity contribution is 6.30. The van der Waals surface area contributed by atoms with Gasteiger partial charge in [-0.3, -0.25) is 9.97 Å². The predicted molar refractivity (Wildman–Crippen MR) is 70.3 cm³/mol. The zero-order valence-corrected chi connectivity index (χ0v) is 10.6. The van der Waals surface area contributed by atoms with Crippen LogP contribution in [0.2, 0.25) is 5.02 Å². The highest BCUT2D eigenvalue weighted by Gasteiger charge is 2.09. The highest BCUT2D eigenvalue weighted by atomic mass is 35.5. The van der Waals surface area contributed by atoms with Gasteiger partial charge in [-0.15, -0.1) is 0 Å². The molecule has 3 nitrogen and oxygen atoms in total. The van der Waals surface area contributed by atoms with Gasteiger partial charge in [-0.2, -0.15) is 0 Å². The fourth-order valence-electron chi connectivity index (χ4n) is 1.71. The van der Waals surface area contributed by atoms with Crippen molar-refractivity contribution in [1.82, 2.24) is 9.97 Å². The van der Waals surface area contributed by atoms with E-state index in [1.54, 1.807) is 12.4 Å². The van der Waals surface area contributed by atoms with Crippen molar-refractivity contribution in [2.75, 3.05) is 5.32 Å². The topological polar surface area (TPSA) is 37.8 Å². The van der Waals surface area contributed by atoms with Crippen LogP contribution in [0, 0.1) is 6.92 Å². The molecule has 1 N–H and O–H groups in total. The molecular formula is C13H14ClN3. The summed E-state index contributed by atoms with van der Waals surface area (Å²) in [5.74, 6) is 0. The summed E-state index contributed by atoms with van der Waals surface area (Å²) in [5.41, 5.74) is 2.93. The van der Waals surface area contributed by atoms with Crippen LogP contribution in [-0.2, 0) is 0 Å². The van der Waals surface area contributed by atoms with Crippen molar-refractivity contribution < 1.29 is 0 Å². The Balaban J connectivity index is 2.14. The van der Waals surface area contributed by atoms with E-state index in [0.717, 1.165) is 22.1 Å². The third-order valence-electron chi connectivity index (χ3n) is 2.56. The van der Waals surface area contributed by atoms with Crippen molar-refractivity contribution in [3.63, 3.8) is 0 Å². The van der Waals surface area contributed by atoms with Crippen LogP contribution in [0.25, 0.3) is 0 Å². The first kappa shape index (κ1) is 11.9. The largest absolute Gasteiger partial charge is 0.377 e. The maximum atomic E-state index is 5.84. The van der Waals surface area contributed by atoms with Gasteiger partial charge in [-0.1, -0.05) is 11.6 Å². The van der Waals surface area contributed by atoms with Gasteiger partial charge in [0.05, 0.1) is 17.4 Å². The standard InChI is InChI=1S/C13H14ClN3/c1-9-13(16-8-7-15-9)10(2)17-12-5-3-11(14)4-6-12/h3-8,10,17H,1-2H3. The molecule has 1 unspecified atom stereocenters. The van der Waals surface area contributed by atoms with Gasteiger partial charge in [0.2, 0.25) is 0 Å². The Labute approximate surface area is 106 Å². The normalized spacial score (nSPS) is 12.2. The number of benzene rings is 1. The van der Waals surface area contributed by atoms with E-state index in [1.165, 1.54) is 0 Å². The monoisotopic (exact) mass is 247 g/mol. The Morgan fingerprint density at radius 1 is 1.12 bits per heavy atom. The Morgan fingerprint density at radius 3 is 2.41 bits per heavy atom. The van der Waals surface area contributed by atoms with Crippen molar-refractivity contribution in [2.45, 2.75) is 19.9 Å². The Kier molecular flexibility index (Phi) is 3.59. The van der Waals surface area contributed by atoms with Gasteiger partial charge >= 0.3 is 0 Å². The Morgan fingerprint density at radius 2 is 1.76 bits per heavy atom. The molecule has 1 aromatic carbocycles. The van der Waals surface area contributed by atoms with E-state index in [-0.39, 0.29) is 6.04 Å². The first-order valence-electron chi connectivity index (χ1n) is 5.46. The molecule has 2 rings (SSSR count). The minimum absolute atomic E-state index is 0.116. The lowest BCUT2D eigenvalue weighted by atomic mass is 10.2. The molecule has 4 heteroatoms. The van der Waals surface area contributed by atoms with E-state index in [2.05, 4.69) is 22.2 Å². The highest BCUT2D eigenvalue weighted by Crippen LogP contribution is 2.20. The predicted octanol–water partition coefficient (Wildman–Crippen LogP) is 3.61. The number of aryl methyl sites for hydroxylation is 1. The maximum absolute atomic E-state index is 5.84. The van der Waals surface area contributed by atoms with Gasteiger partial charge in [-0.25, -0.2) is 0 Å². The fourth-order valence-corrected chi connectivity index (χ4v) is 1.83. The van der Waals surface area contributed by atoms with Gasteiger partial charge in [-0.05, 0) is 38.1 Å². The van der Waals surface area contributed by atoms with Crippen molar-refractivity contribution in [3.05, 3.63) is 53.1 Å². The molecule has 1 heterocycles. The molecule has 1 atom stereocenters. The van der Waals surface area contributed by atoms with E-state index >= 15 is 0 Å². The van der Waals surface area contributed by atoms with Crippen LogP contribution >= 0.6 is 11.6 Å². The summed E-state index contributed by atoms with van der Waals surface area (Å²) in [6.45, 7) is 4.02. The third kappa shape index (κ3) is 2.94. The van der Waals surface area contributed by atoms with Crippen molar-refractivity contribution in [3.8, 4) is 0 Å². The zero-order valence-electron chi connectivity index (χ0n) is 9.81. The van der Waals surface area contributed by atoms with Crippen LogP contribution in [-0.4, -0.2) is 9.97 Å². The fraction of sp³-hybridized carbons (Fsp3) is 0.231. The molecule has 1 aromatic heterocycles. The zero-order chi connectivity index (χ0) is 12.3. The first-order chi connectivity index (χ1) is 8.16. The molecule has 88 valence electrons. The molecule has 0 radical (unpaired) electrons. The van der Waals surface area contributed by atoms with Crippen LogP contribution < -0.4 is 5.32 Å². The minimum atomic E-state index is 0.116. The van der Waals surface area contributed by atoms with Crippen molar-refractivity contribution in [2.24, 2.45) is 0 Å². The molecule has 0 spiro atoms. The Bertz CT molecular complexity index is 496. The lowest BCUT2D eigenvalue weighted by Crippen LogP contribution is -2.10. The second kappa shape index (κ2) is 5.15. The maximum Gasteiger partial charge on any atom is 0.0835 e. The summed E-state index contributed by atoms with van der Waals surface area (Å²) < 4.78 is 0. The second-order valence-electron chi connectivity index (χ2n) is 3.90. The van der Waals surface area contributed by atoms with Gasteiger partial charge in [0.15, 0.2) is 0 Å². The van der Waals surface area contributed by atoms with E-state index in [0.29, 0.717) is 0 Å². The van der Waals surface area contributed by atoms with Crippen LogP contribution in [0.15, 0.2) is 36.7 Å². The summed E-state index contributed by atoms with van der Waals surface area (Å²) in [7, 11) is 0. The summed E-state index contributed by atoms with van der Waals surface area (Å²) in [6, 6.07) is 7.74. The summed E-state index contributed by atoms with van der Waals surface area (Å²) in [6.07, 6.45) is 3.41. The molecule has 0 saturated heterocycles. The second-order valence-corrected chi connectivity index (χ2v) is 4.34. The van der Waals surface area contributed by atoms with Crippen molar-refractivity contribution in [1.29, 1.82) is 0 Å². The van der Waals surface area contributed by atoms with E-state index in [9.17, 15) is 0 Å². The Hall–Kier alpha value is -1.61. The van der Waals surface area contributed by atoms with Crippen LogP contribution in [0.1, 0.15) is 24.4 Å². The van der Waals surface area contributed by atoms with Gasteiger partial charge in [0.1, 0.15) is 0 Å². The lowest BCUT2D eigenvalue weighted by molar-refractivity contribution is 0.810. The van der Waals surface area contributed by atoms with Crippen LogP contribution in [0.5, 0.6) is 0 Å². The molecule has 2 aromatic rings. The van der Waals surface area contributed by atoms with Gasteiger partial charge in [0.25, 0.3) is 0 Å². The average molecular weight is 248 g/mol. The molecule has 0 saturated carbocycles. The average Bonchev–Trinajstić information content (AvgIpc) is 2.32. The molecule has 0 amide bonds. The van der Waals surface area contributed by atoms with Crippen LogP contribution in [0.3, 0.4) is 0 Å². The molecule has 0 aliphatic rings. The molecular weight excluding hydrogens is 234 g/mol. The summed E-state index contributed by atoms with van der Waals surface area (Å²) >= 11 is 5.84. The molecule has 0 aliphatic carbocycles. The molecule has 0 aliphatic heterocycles. The minimum Gasteiger partial charge on any atom is -0.377 e. The number of nitrogens with zero attached hydrogens (tertiary/aromatic N) is 2. The lowest BCUT2D eigenvalue weighted by Gasteiger charge is -2.16.